The second-order valence-electron chi connectivity index (χ2n) is 4.42. The first kappa shape index (κ1) is 12.9. The number of thiazole rings is 1. The summed E-state index contributed by atoms with van der Waals surface area (Å²) in [7, 11) is 0. The van der Waals surface area contributed by atoms with Crippen LogP contribution in [0.15, 0.2) is 36.4 Å². The number of benzene rings is 2. The fourth-order valence-electron chi connectivity index (χ4n) is 1.89. The quantitative estimate of drug-likeness (QED) is 0.734. The molecule has 0 unspecified atom stereocenters. The van der Waals surface area contributed by atoms with E-state index in [2.05, 4.69) is 29.4 Å². The van der Waals surface area contributed by atoms with Crippen molar-refractivity contribution in [3.63, 3.8) is 0 Å². The molecule has 0 bridgehead atoms. The van der Waals surface area contributed by atoms with Crippen LogP contribution in [-0.4, -0.2) is 4.98 Å². The summed E-state index contributed by atoms with van der Waals surface area (Å²) >= 11 is 7.72. The monoisotopic (exact) mass is 299 g/mol. The Morgan fingerprint density at radius 3 is 2.85 bits per heavy atom. The summed E-state index contributed by atoms with van der Waals surface area (Å²) in [6, 6.07) is 13.4. The average molecular weight is 300 g/mol. The molecular weight excluding hydrogens is 290 g/mol. The molecule has 0 saturated heterocycles. The van der Waals surface area contributed by atoms with Crippen LogP contribution in [-0.2, 0) is 0 Å². The number of nitriles is 1. The van der Waals surface area contributed by atoms with Gasteiger partial charge in [-0.25, -0.2) is 4.98 Å². The smallest absolute Gasteiger partial charge is 0.188 e. The largest absolute Gasteiger partial charge is 0.330 e. The predicted molar refractivity (Wildman–Crippen MR) is 83.8 cm³/mol. The van der Waals surface area contributed by atoms with Crippen LogP contribution in [0.3, 0.4) is 0 Å². The van der Waals surface area contributed by atoms with Gasteiger partial charge in [0.1, 0.15) is 0 Å². The first-order chi connectivity index (χ1) is 9.65. The molecule has 0 spiro atoms. The number of rotatable bonds is 2. The van der Waals surface area contributed by atoms with Gasteiger partial charge < -0.3 is 5.32 Å². The molecular formula is C15H10ClN3S. The highest BCUT2D eigenvalue weighted by atomic mass is 35.5. The number of nitrogens with zero attached hydrogens (tertiary/aromatic N) is 2. The molecule has 5 heteroatoms. The molecule has 3 nitrogen and oxygen atoms in total. The summed E-state index contributed by atoms with van der Waals surface area (Å²) in [4.78, 5) is 4.52. The van der Waals surface area contributed by atoms with E-state index in [1.54, 1.807) is 29.5 Å². The maximum atomic E-state index is 8.82. The summed E-state index contributed by atoms with van der Waals surface area (Å²) in [6.07, 6.45) is 0. The van der Waals surface area contributed by atoms with Gasteiger partial charge in [-0.3, -0.25) is 0 Å². The van der Waals surface area contributed by atoms with Crippen molar-refractivity contribution in [3.05, 3.63) is 52.5 Å². The number of hydrogen-bond donors (Lipinski definition) is 1. The second kappa shape index (κ2) is 5.12. The molecule has 3 rings (SSSR count). The van der Waals surface area contributed by atoms with Crippen LogP contribution < -0.4 is 5.32 Å². The lowest BCUT2D eigenvalue weighted by atomic mass is 10.2. The summed E-state index contributed by atoms with van der Waals surface area (Å²) < 4.78 is 1.14. The van der Waals surface area contributed by atoms with Gasteiger partial charge in [-0.15, -0.1) is 0 Å². The number of hydrogen-bond acceptors (Lipinski definition) is 4. The minimum Gasteiger partial charge on any atom is -0.330 e. The Labute approximate surface area is 125 Å². The lowest BCUT2D eigenvalue weighted by Crippen LogP contribution is -1.90. The van der Waals surface area contributed by atoms with Gasteiger partial charge in [0.2, 0.25) is 0 Å². The van der Waals surface area contributed by atoms with E-state index in [4.69, 9.17) is 16.9 Å². The minimum absolute atomic E-state index is 0.513. The number of anilines is 2. The maximum Gasteiger partial charge on any atom is 0.188 e. The summed E-state index contributed by atoms with van der Waals surface area (Å²) in [5.41, 5.74) is 3.47. The van der Waals surface area contributed by atoms with E-state index in [0.29, 0.717) is 10.6 Å². The maximum absolute atomic E-state index is 8.82. The van der Waals surface area contributed by atoms with Crippen molar-refractivity contribution in [3.8, 4) is 6.07 Å². The molecule has 0 aliphatic heterocycles. The zero-order chi connectivity index (χ0) is 14.1. The third-order valence-electron chi connectivity index (χ3n) is 2.88. The van der Waals surface area contributed by atoms with Crippen molar-refractivity contribution in [2.75, 3.05) is 5.32 Å². The molecule has 0 aliphatic rings. The topological polar surface area (TPSA) is 48.7 Å². The first-order valence-electron chi connectivity index (χ1n) is 5.99. The highest BCUT2D eigenvalue weighted by molar-refractivity contribution is 7.22. The van der Waals surface area contributed by atoms with Crippen LogP contribution in [0.5, 0.6) is 0 Å². The van der Waals surface area contributed by atoms with Crippen LogP contribution in [0.2, 0.25) is 5.02 Å². The van der Waals surface area contributed by atoms with Crippen molar-refractivity contribution in [2.24, 2.45) is 0 Å². The predicted octanol–water partition coefficient (Wildman–Crippen LogP) is 4.87. The van der Waals surface area contributed by atoms with Crippen molar-refractivity contribution in [2.45, 2.75) is 6.92 Å². The van der Waals surface area contributed by atoms with E-state index in [0.717, 1.165) is 21.0 Å². The van der Waals surface area contributed by atoms with Gasteiger partial charge in [0.05, 0.1) is 32.6 Å². The lowest BCUT2D eigenvalue weighted by Gasteiger charge is -2.04. The Morgan fingerprint density at radius 1 is 1.25 bits per heavy atom. The molecule has 1 N–H and O–H groups in total. The fraction of sp³-hybridized carbons (Fsp3) is 0.0667. The molecule has 1 aromatic heterocycles. The van der Waals surface area contributed by atoms with E-state index in [1.807, 2.05) is 12.1 Å². The minimum atomic E-state index is 0.513. The molecule has 1 heterocycles. The van der Waals surface area contributed by atoms with Crippen LogP contribution in [0.25, 0.3) is 10.2 Å². The number of fused-ring (bicyclic) bond motifs is 1. The number of nitrogens with one attached hydrogen (secondary N) is 1. The lowest BCUT2D eigenvalue weighted by molar-refractivity contribution is 1.42. The molecule has 0 atom stereocenters. The van der Waals surface area contributed by atoms with Gasteiger partial charge in [0, 0.05) is 0 Å². The highest BCUT2D eigenvalue weighted by Crippen LogP contribution is 2.31. The molecule has 0 fully saturated rings. The van der Waals surface area contributed by atoms with Crippen LogP contribution >= 0.6 is 22.9 Å². The van der Waals surface area contributed by atoms with Gasteiger partial charge in [-0.1, -0.05) is 29.0 Å². The molecule has 0 aliphatic carbocycles. The van der Waals surface area contributed by atoms with Crippen LogP contribution in [0.1, 0.15) is 11.1 Å². The van der Waals surface area contributed by atoms with Gasteiger partial charge in [0.15, 0.2) is 5.13 Å². The zero-order valence-electron chi connectivity index (χ0n) is 10.6. The third-order valence-corrected chi connectivity index (χ3v) is 4.13. The number of aromatic nitrogens is 1. The average Bonchev–Trinajstić information content (AvgIpc) is 2.82. The molecule has 0 saturated carbocycles. The van der Waals surface area contributed by atoms with E-state index in [1.165, 1.54) is 5.56 Å². The van der Waals surface area contributed by atoms with E-state index in [-0.39, 0.29) is 0 Å². The normalized spacial score (nSPS) is 10.4. The van der Waals surface area contributed by atoms with Crippen molar-refractivity contribution < 1.29 is 0 Å². The van der Waals surface area contributed by atoms with E-state index in [9.17, 15) is 0 Å². The zero-order valence-corrected chi connectivity index (χ0v) is 12.2. The third kappa shape index (κ3) is 2.46. The Balaban J connectivity index is 1.95. The molecule has 2 aromatic carbocycles. The van der Waals surface area contributed by atoms with E-state index < -0.39 is 0 Å². The molecule has 98 valence electrons. The number of halogens is 1. The van der Waals surface area contributed by atoms with Crippen LogP contribution in [0, 0.1) is 18.3 Å². The second-order valence-corrected chi connectivity index (χ2v) is 5.86. The highest BCUT2D eigenvalue weighted by Gasteiger charge is 2.07. The SMILES string of the molecule is Cc1ccc2nc(Nc3ccc(C#N)cc3Cl)sc2c1. The molecule has 0 radical (unpaired) electrons. The van der Waals surface area contributed by atoms with Gasteiger partial charge in [-0.2, -0.15) is 5.26 Å². The molecule has 0 amide bonds. The summed E-state index contributed by atoms with van der Waals surface area (Å²) in [5, 5.41) is 13.3. The molecule has 20 heavy (non-hydrogen) atoms. The Bertz CT molecular complexity index is 833. The Morgan fingerprint density at radius 2 is 2.10 bits per heavy atom. The van der Waals surface area contributed by atoms with Crippen LogP contribution in [0.4, 0.5) is 10.8 Å². The number of aryl methyl sites for hydroxylation is 1. The van der Waals surface area contributed by atoms with Gasteiger partial charge in [0.25, 0.3) is 0 Å². The Hall–Kier alpha value is -2.09. The van der Waals surface area contributed by atoms with Crippen molar-refractivity contribution in [1.82, 2.24) is 4.98 Å². The molecule has 3 aromatic rings. The van der Waals surface area contributed by atoms with Crippen molar-refractivity contribution in [1.29, 1.82) is 5.26 Å². The summed E-state index contributed by atoms with van der Waals surface area (Å²) in [6.45, 7) is 2.06. The standard InChI is InChI=1S/C15H10ClN3S/c1-9-2-4-13-14(6-9)20-15(19-13)18-12-5-3-10(8-17)7-11(12)16/h2-7H,1H3,(H,18,19). The first-order valence-corrected chi connectivity index (χ1v) is 7.19. The summed E-state index contributed by atoms with van der Waals surface area (Å²) in [5.74, 6) is 0. The Kier molecular flexibility index (Phi) is 3.31. The van der Waals surface area contributed by atoms with E-state index >= 15 is 0 Å². The van der Waals surface area contributed by atoms with Crippen molar-refractivity contribution >= 4 is 44.0 Å². The van der Waals surface area contributed by atoms with Gasteiger partial charge >= 0.3 is 0 Å². The fourth-order valence-corrected chi connectivity index (χ4v) is 3.09. The van der Waals surface area contributed by atoms with Gasteiger partial charge in [-0.05, 0) is 42.8 Å².